The molecule has 1 aliphatic heterocycles. The Balaban J connectivity index is 1.36. The van der Waals surface area contributed by atoms with E-state index in [9.17, 15) is 15.0 Å². The standard InChI is InChI=1S/C38H45N3O5/c1-4-39-38(44)40-23-28-10-8-13-31(20-28)32-14-9-15-33(21-32)37-45-34(22-35(46-37)29-18-16-27(25-42)17-19-29)24-41(3)26(2)36(43)30-11-6-5-7-12-30/h5-21,26,34-37,42-43H,4,22-25H2,1-3H3,(H2,39,40,44). The van der Waals surface area contributed by atoms with Gasteiger partial charge in [0.2, 0.25) is 0 Å². The lowest BCUT2D eigenvalue weighted by Crippen LogP contribution is -2.43. The first kappa shape index (κ1) is 33.3. The van der Waals surface area contributed by atoms with Crippen LogP contribution in [0.5, 0.6) is 0 Å². The summed E-state index contributed by atoms with van der Waals surface area (Å²) in [5.41, 5.74) is 6.72. The molecular formula is C38H45N3O5. The SMILES string of the molecule is CCNC(=O)NCc1cccc(-c2cccc(C3OC(CN(C)C(C)C(O)c4ccccc4)CC(c4ccc(CO)cc4)O3)c2)c1. The number of nitrogens with zero attached hydrogens (tertiary/aromatic N) is 1. The number of hydrogen-bond donors (Lipinski definition) is 4. The molecule has 0 saturated carbocycles. The maximum absolute atomic E-state index is 11.9. The number of amides is 2. The summed E-state index contributed by atoms with van der Waals surface area (Å²) in [7, 11) is 2.02. The first-order valence-corrected chi connectivity index (χ1v) is 16.0. The molecule has 8 heteroatoms. The second-order valence-corrected chi connectivity index (χ2v) is 11.9. The Labute approximate surface area is 272 Å². The molecule has 2 amide bonds. The molecule has 1 fully saturated rings. The van der Waals surface area contributed by atoms with Crippen molar-refractivity contribution >= 4 is 6.03 Å². The van der Waals surface area contributed by atoms with E-state index in [4.69, 9.17) is 9.47 Å². The van der Waals surface area contributed by atoms with Crippen LogP contribution in [0.1, 0.15) is 66.6 Å². The van der Waals surface area contributed by atoms with Crippen LogP contribution in [0.4, 0.5) is 4.79 Å². The normalized spacial score (nSPS) is 19.4. The molecule has 242 valence electrons. The molecule has 4 N–H and O–H groups in total. The third kappa shape index (κ3) is 8.60. The van der Waals surface area contributed by atoms with Crippen LogP contribution in [0.15, 0.2) is 103 Å². The van der Waals surface area contributed by atoms with Gasteiger partial charge in [-0.15, -0.1) is 0 Å². The Morgan fingerprint density at radius 3 is 2.30 bits per heavy atom. The third-order valence-electron chi connectivity index (χ3n) is 8.61. The molecule has 4 aromatic rings. The molecule has 0 aromatic heterocycles. The largest absolute Gasteiger partial charge is 0.392 e. The van der Waals surface area contributed by atoms with Gasteiger partial charge < -0.3 is 30.3 Å². The molecule has 1 heterocycles. The van der Waals surface area contributed by atoms with Gasteiger partial charge in [-0.2, -0.15) is 0 Å². The summed E-state index contributed by atoms with van der Waals surface area (Å²) in [4.78, 5) is 14.1. The Morgan fingerprint density at radius 1 is 0.870 bits per heavy atom. The van der Waals surface area contributed by atoms with Gasteiger partial charge in [0.1, 0.15) is 0 Å². The summed E-state index contributed by atoms with van der Waals surface area (Å²) in [6.45, 7) is 5.52. The number of benzene rings is 4. The molecule has 46 heavy (non-hydrogen) atoms. The fourth-order valence-corrected chi connectivity index (χ4v) is 5.82. The van der Waals surface area contributed by atoms with Crippen LogP contribution in [0.3, 0.4) is 0 Å². The molecule has 4 aromatic carbocycles. The minimum atomic E-state index is -0.632. The molecule has 1 aliphatic rings. The smallest absolute Gasteiger partial charge is 0.315 e. The van der Waals surface area contributed by atoms with Crippen LogP contribution in [0, 0.1) is 0 Å². The van der Waals surface area contributed by atoms with E-state index in [2.05, 4.69) is 39.8 Å². The fraction of sp³-hybridized carbons (Fsp3) is 0.342. The van der Waals surface area contributed by atoms with Gasteiger partial charge in [0.15, 0.2) is 6.29 Å². The van der Waals surface area contributed by atoms with Crippen LogP contribution >= 0.6 is 0 Å². The summed E-state index contributed by atoms with van der Waals surface area (Å²) in [6.07, 6.45) is -0.970. The van der Waals surface area contributed by atoms with Crippen molar-refractivity contribution in [3.63, 3.8) is 0 Å². The second kappa shape index (κ2) is 16.0. The van der Waals surface area contributed by atoms with Crippen molar-refractivity contribution in [3.05, 3.63) is 131 Å². The topological polar surface area (TPSA) is 103 Å². The second-order valence-electron chi connectivity index (χ2n) is 11.9. The van der Waals surface area contributed by atoms with Gasteiger partial charge in [0.05, 0.1) is 24.9 Å². The zero-order valence-electron chi connectivity index (χ0n) is 26.8. The molecule has 8 nitrogen and oxygen atoms in total. The van der Waals surface area contributed by atoms with E-state index >= 15 is 0 Å². The van der Waals surface area contributed by atoms with Crippen LogP contribution < -0.4 is 10.6 Å². The van der Waals surface area contributed by atoms with Crippen molar-refractivity contribution in [2.75, 3.05) is 20.1 Å². The number of hydrogen-bond acceptors (Lipinski definition) is 6. The zero-order chi connectivity index (χ0) is 32.5. The van der Waals surface area contributed by atoms with E-state index < -0.39 is 12.4 Å². The number of nitrogens with one attached hydrogen (secondary N) is 2. The minimum absolute atomic E-state index is 0.0113. The van der Waals surface area contributed by atoms with Gasteiger partial charge in [-0.3, -0.25) is 4.90 Å². The molecule has 0 bridgehead atoms. The van der Waals surface area contributed by atoms with Gasteiger partial charge in [0.25, 0.3) is 0 Å². The highest BCUT2D eigenvalue weighted by Gasteiger charge is 2.34. The molecule has 5 atom stereocenters. The quantitative estimate of drug-likeness (QED) is 0.149. The van der Waals surface area contributed by atoms with Crippen molar-refractivity contribution in [2.24, 2.45) is 0 Å². The average molecular weight is 624 g/mol. The van der Waals surface area contributed by atoms with Gasteiger partial charge >= 0.3 is 6.03 Å². The minimum Gasteiger partial charge on any atom is -0.392 e. The van der Waals surface area contributed by atoms with Gasteiger partial charge in [-0.25, -0.2) is 4.79 Å². The Morgan fingerprint density at radius 2 is 1.59 bits per heavy atom. The average Bonchev–Trinajstić information content (AvgIpc) is 3.10. The monoisotopic (exact) mass is 623 g/mol. The number of ether oxygens (including phenoxy) is 2. The van der Waals surface area contributed by atoms with Crippen molar-refractivity contribution < 1.29 is 24.5 Å². The van der Waals surface area contributed by atoms with E-state index in [1.54, 1.807) is 0 Å². The number of aliphatic hydroxyl groups excluding tert-OH is 2. The third-order valence-corrected chi connectivity index (χ3v) is 8.61. The zero-order valence-corrected chi connectivity index (χ0v) is 26.8. The van der Waals surface area contributed by atoms with Gasteiger partial charge in [-0.1, -0.05) is 91.0 Å². The first-order valence-electron chi connectivity index (χ1n) is 16.0. The fourth-order valence-electron chi connectivity index (χ4n) is 5.82. The van der Waals surface area contributed by atoms with Crippen molar-refractivity contribution in [1.82, 2.24) is 15.5 Å². The van der Waals surface area contributed by atoms with E-state index in [1.165, 1.54) is 0 Å². The van der Waals surface area contributed by atoms with Crippen molar-refractivity contribution in [2.45, 2.75) is 64.1 Å². The lowest BCUT2D eigenvalue weighted by Gasteiger charge is -2.39. The number of rotatable bonds is 12. The van der Waals surface area contributed by atoms with E-state index in [-0.39, 0.29) is 30.9 Å². The van der Waals surface area contributed by atoms with Crippen LogP contribution in [0.25, 0.3) is 11.1 Å². The molecular weight excluding hydrogens is 578 g/mol. The van der Waals surface area contributed by atoms with E-state index in [1.807, 2.05) is 99.8 Å². The number of aliphatic hydroxyl groups is 2. The Hall–Kier alpha value is -4.05. The first-order chi connectivity index (χ1) is 22.3. The summed E-state index contributed by atoms with van der Waals surface area (Å²) in [5, 5.41) is 26.3. The van der Waals surface area contributed by atoms with Gasteiger partial charge in [-0.05, 0) is 66.4 Å². The maximum atomic E-state index is 11.9. The summed E-state index contributed by atoms with van der Waals surface area (Å²) < 4.78 is 13.3. The predicted molar refractivity (Wildman–Crippen MR) is 180 cm³/mol. The Kier molecular flexibility index (Phi) is 11.6. The molecule has 1 saturated heterocycles. The summed E-state index contributed by atoms with van der Waals surface area (Å²) in [5.74, 6) is 0. The Bertz CT molecular complexity index is 1550. The molecule has 0 radical (unpaired) electrons. The van der Waals surface area contributed by atoms with Crippen LogP contribution in [0.2, 0.25) is 0 Å². The highest BCUT2D eigenvalue weighted by Crippen LogP contribution is 2.39. The molecule has 0 aliphatic carbocycles. The van der Waals surface area contributed by atoms with Crippen molar-refractivity contribution in [1.29, 1.82) is 0 Å². The lowest BCUT2D eigenvalue weighted by molar-refractivity contribution is -0.253. The number of likely N-dealkylation sites (N-methyl/N-ethyl adjacent to an activating group) is 1. The number of carbonyl (C=O) groups excluding carboxylic acids is 1. The molecule has 5 unspecified atom stereocenters. The van der Waals surface area contributed by atoms with Crippen LogP contribution in [-0.2, 0) is 22.6 Å². The highest BCUT2D eigenvalue weighted by atomic mass is 16.7. The van der Waals surface area contributed by atoms with Crippen LogP contribution in [-0.4, -0.2) is 53.4 Å². The maximum Gasteiger partial charge on any atom is 0.315 e. The lowest BCUT2D eigenvalue weighted by atomic mass is 9.97. The summed E-state index contributed by atoms with van der Waals surface area (Å²) in [6, 6.07) is 33.6. The van der Waals surface area contributed by atoms with Gasteiger partial charge in [0, 0.05) is 37.7 Å². The number of carbonyl (C=O) groups is 1. The number of urea groups is 1. The van der Waals surface area contributed by atoms with E-state index in [0.29, 0.717) is 26.1 Å². The van der Waals surface area contributed by atoms with Crippen molar-refractivity contribution in [3.8, 4) is 11.1 Å². The predicted octanol–water partition coefficient (Wildman–Crippen LogP) is 6.26. The summed E-state index contributed by atoms with van der Waals surface area (Å²) >= 11 is 0. The molecule has 0 spiro atoms. The highest BCUT2D eigenvalue weighted by molar-refractivity contribution is 5.74. The molecule has 5 rings (SSSR count). The van der Waals surface area contributed by atoms with E-state index in [0.717, 1.165) is 38.9 Å².